The number of carbonyl (C=O) groups is 1. The molecule has 5 aromatic rings. The molecular weight excluding hydrogens is 519 g/mol. The lowest BCUT2D eigenvalue weighted by Crippen LogP contribution is -2.48. The molecule has 0 aliphatic carbocycles. The number of halogens is 1. The van der Waals surface area contributed by atoms with Crippen LogP contribution in [0, 0.1) is 5.82 Å². The molecule has 0 atom stereocenters. The Morgan fingerprint density at radius 3 is 2.44 bits per heavy atom. The molecule has 0 spiro atoms. The third-order valence-electron chi connectivity index (χ3n) is 7.10. The second kappa shape index (κ2) is 11.5. The van der Waals surface area contributed by atoms with E-state index in [0.29, 0.717) is 37.7 Å². The molecule has 1 N–H and O–H groups in total. The second-order valence-electron chi connectivity index (χ2n) is 9.71. The van der Waals surface area contributed by atoms with Crippen LogP contribution in [-0.2, 0) is 6.54 Å². The number of hydrogen-bond acceptors (Lipinski definition) is 7. The number of pyridine rings is 1. The van der Waals surface area contributed by atoms with Crippen LogP contribution < -0.4 is 10.2 Å². The van der Waals surface area contributed by atoms with Gasteiger partial charge in [0.15, 0.2) is 0 Å². The van der Waals surface area contributed by atoms with Crippen LogP contribution in [0.2, 0.25) is 0 Å². The van der Waals surface area contributed by atoms with E-state index in [4.69, 9.17) is 10.1 Å². The summed E-state index contributed by atoms with van der Waals surface area (Å²) < 4.78 is 15.1. The van der Waals surface area contributed by atoms with Gasteiger partial charge in [-0.25, -0.2) is 14.4 Å². The second-order valence-corrected chi connectivity index (χ2v) is 9.71. The Bertz CT molecular complexity index is 1630. The number of aromatic nitrogens is 5. The summed E-state index contributed by atoms with van der Waals surface area (Å²) in [6.07, 6.45) is 7.22. The van der Waals surface area contributed by atoms with E-state index in [-0.39, 0.29) is 11.7 Å². The summed E-state index contributed by atoms with van der Waals surface area (Å²) in [7, 11) is 0. The molecule has 9 nitrogen and oxygen atoms in total. The number of piperazine rings is 1. The van der Waals surface area contributed by atoms with Gasteiger partial charge in [0.1, 0.15) is 11.5 Å². The lowest BCUT2D eigenvalue weighted by atomic mass is 10.1. The maximum absolute atomic E-state index is 13.2. The van der Waals surface area contributed by atoms with Crippen LogP contribution in [0.25, 0.3) is 22.5 Å². The van der Waals surface area contributed by atoms with Crippen molar-refractivity contribution in [3.8, 4) is 22.5 Å². The first kappa shape index (κ1) is 26.1. The summed E-state index contributed by atoms with van der Waals surface area (Å²) in [5, 5.41) is 7.97. The van der Waals surface area contributed by atoms with Crippen LogP contribution in [0.5, 0.6) is 0 Å². The number of aryl methyl sites for hydroxylation is 1. The number of carbonyl (C=O) groups excluding carboxylic acids is 1. The van der Waals surface area contributed by atoms with Gasteiger partial charge in [0.05, 0.1) is 5.69 Å². The Balaban J connectivity index is 1.12. The van der Waals surface area contributed by atoms with E-state index in [2.05, 4.69) is 20.2 Å². The highest BCUT2D eigenvalue weighted by molar-refractivity contribution is 5.94. The minimum Gasteiger partial charge on any atom is -0.368 e. The highest BCUT2D eigenvalue weighted by Crippen LogP contribution is 2.30. The summed E-state index contributed by atoms with van der Waals surface area (Å²) >= 11 is 0. The zero-order valence-electron chi connectivity index (χ0n) is 22.6. The summed E-state index contributed by atoms with van der Waals surface area (Å²) in [5.41, 5.74) is 5.72. The zero-order chi connectivity index (χ0) is 28.2. The van der Waals surface area contributed by atoms with E-state index < -0.39 is 0 Å². The molecule has 6 rings (SSSR count). The highest BCUT2D eigenvalue weighted by Gasteiger charge is 2.22. The maximum Gasteiger partial charge on any atom is 0.253 e. The maximum atomic E-state index is 13.2. The topological polar surface area (TPSA) is 92.1 Å². The summed E-state index contributed by atoms with van der Waals surface area (Å²) in [6.45, 7) is 5.38. The molecule has 3 aromatic heterocycles. The first-order valence-corrected chi connectivity index (χ1v) is 13.6. The Morgan fingerprint density at radius 1 is 0.951 bits per heavy atom. The normalized spacial score (nSPS) is 13.3. The summed E-state index contributed by atoms with van der Waals surface area (Å²) in [4.78, 5) is 30.5. The van der Waals surface area contributed by atoms with Crippen LogP contribution >= 0.6 is 0 Å². The lowest BCUT2D eigenvalue weighted by molar-refractivity contribution is 0.0747. The van der Waals surface area contributed by atoms with Gasteiger partial charge in [-0.05, 0) is 73.7 Å². The highest BCUT2D eigenvalue weighted by atomic mass is 19.1. The number of nitrogens with zero attached hydrogens (tertiary/aromatic N) is 7. The number of amides is 1. The minimum absolute atomic E-state index is 0.00980. The molecule has 4 heterocycles. The van der Waals surface area contributed by atoms with Gasteiger partial charge in [-0.1, -0.05) is 0 Å². The van der Waals surface area contributed by atoms with E-state index in [1.54, 1.807) is 30.7 Å². The predicted molar refractivity (Wildman–Crippen MR) is 156 cm³/mol. The Morgan fingerprint density at radius 2 is 1.73 bits per heavy atom. The average molecular weight is 549 g/mol. The molecule has 0 saturated carbocycles. The van der Waals surface area contributed by atoms with Gasteiger partial charge in [0.2, 0.25) is 5.95 Å². The van der Waals surface area contributed by atoms with Gasteiger partial charge in [-0.3, -0.25) is 14.5 Å². The standard InChI is InChI=1S/C31H29FN8O/c1-2-40-21-27(29(37-40)23-4-3-14-33-20-23)28-13-15-34-31(36-28)35-25-9-5-22(6-10-25)30(41)39-18-16-38(17-19-39)26-11-7-24(32)8-12-26/h3-15,20-21H,2,16-19H2,1H3,(H,34,35,36). The van der Waals surface area contributed by atoms with Gasteiger partial charge < -0.3 is 15.1 Å². The summed E-state index contributed by atoms with van der Waals surface area (Å²) in [6, 6.07) is 19.5. The largest absolute Gasteiger partial charge is 0.368 e. The van der Waals surface area contributed by atoms with Crippen molar-refractivity contribution in [3.05, 3.63) is 103 Å². The molecule has 0 unspecified atom stereocenters. The van der Waals surface area contributed by atoms with Gasteiger partial charge in [0.25, 0.3) is 5.91 Å². The van der Waals surface area contributed by atoms with Gasteiger partial charge in [-0.15, -0.1) is 0 Å². The average Bonchev–Trinajstić information content (AvgIpc) is 3.47. The lowest BCUT2D eigenvalue weighted by Gasteiger charge is -2.36. The van der Waals surface area contributed by atoms with Gasteiger partial charge >= 0.3 is 0 Å². The van der Waals surface area contributed by atoms with Gasteiger partial charge in [0, 0.05) is 85.6 Å². The number of nitrogens with one attached hydrogen (secondary N) is 1. The monoisotopic (exact) mass is 548 g/mol. The van der Waals surface area contributed by atoms with Crippen molar-refractivity contribution >= 4 is 23.2 Å². The van der Waals surface area contributed by atoms with Crippen molar-refractivity contribution in [2.45, 2.75) is 13.5 Å². The molecule has 1 aliphatic heterocycles. The van der Waals surface area contributed by atoms with Crippen LogP contribution in [-0.4, -0.2) is 61.7 Å². The number of rotatable bonds is 7. The smallest absolute Gasteiger partial charge is 0.253 e. The third-order valence-corrected chi connectivity index (χ3v) is 7.10. The molecular formula is C31H29FN8O. The molecule has 1 amide bonds. The van der Waals surface area contributed by atoms with Crippen molar-refractivity contribution in [2.75, 3.05) is 36.4 Å². The molecule has 1 fully saturated rings. The van der Waals surface area contributed by atoms with Crippen molar-refractivity contribution in [1.29, 1.82) is 0 Å². The van der Waals surface area contributed by atoms with Crippen molar-refractivity contribution in [3.63, 3.8) is 0 Å². The molecule has 0 radical (unpaired) electrons. The first-order valence-electron chi connectivity index (χ1n) is 13.6. The van der Waals surface area contributed by atoms with Crippen LogP contribution in [0.3, 0.4) is 0 Å². The van der Waals surface area contributed by atoms with Crippen LogP contribution in [0.15, 0.2) is 91.5 Å². The Hall–Kier alpha value is -5.12. The summed E-state index contributed by atoms with van der Waals surface area (Å²) in [5.74, 6) is 0.183. The van der Waals surface area contributed by atoms with Crippen molar-refractivity contribution in [2.24, 2.45) is 0 Å². The fraction of sp³-hybridized carbons (Fsp3) is 0.194. The first-order chi connectivity index (χ1) is 20.1. The number of hydrogen-bond donors (Lipinski definition) is 1. The minimum atomic E-state index is -0.251. The molecule has 1 aliphatic rings. The van der Waals surface area contributed by atoms with Crippen molar-refractivity contribution < 1.29 is 9.18 Å². The van der Waals surface area contributed by atoms with Gasteiger partial charge in [-0.2, -0.15) is 5.10 Å². The quantitative estimate of drug-likeness (QED) is 0.296. The van der Waals surface area contributed by atoms with E-state index in [1.807, 2.05) is 65.2 Å². The van der Waals surface area contributed by atoms with Crippen LogP contribution in [0.4, 0.5) is 21.7 Å². The molecule has 0 bridgehead atoms. The number of anilines is 3. The third kappa shape index (κ3) is 5.76. The molecule has 206 valence electrons. The van der Waals surface area contributed by atoms with E-state index in [0.717, 1.165) is 40.4 Å². The molecule has 10 heteroatoms. The van der Waals surface area contributed by atoms with E-state index in [1.165, 1.54) is 12.1 Å². The van der Waals surface area contributed by atoms with Crippen molar-refractivity contribution in [1.82, 2.24) is 29.6 Å². The van der Waals surface area contributed by atoms with E-state index in [9.17, 15) is 9.18 Å². The molecule has 1 saturated heterocycles. The SMILES string of the molecule is CCn1cc(-c2ccnc(Nc3ccc(C(=O)N4CCN(c5ccc(F)cc5)CC4)cc3)n2)c(-c2cccnc2)n1. The predicted octanol–water partition coefficient (Wildman–Crippen LogP) is 5.27. The number of benzene rings is 2. The fourth-order valence-electron chi connectivity index (χ4n) is 4.88. The van der Waals surface area contributed by atoms with E-state index >= 15 is 0 Å². The molecule has 41 heavy (non-hydrogen) atoms. The zero-order valence-corrected chi connectivity index (χ0v) is 22.6. The Labute approximate surface area is 237 Å². The van der Waals surface area contributed by atoms with Crippen LogP contribution in [0.1, 0.15) is 17.3 Å². The fourth-order valence-corrected chi connectivity index (χ4v) is 4.88. The molecule has 2 aromatic carbocycles. The Kier molecular flexibility index (Phi) is 7.36.